The van der Waals surface area contributed by atoms with Gasteiger partial charge in [0.2, 0.25) is 5.88 Å². The Labute approximate surface area is 191 Å². The van der Waals surface area contributed by atoms with Gasteiger partial charge < -0.3 is 19.3 Å². The van der Waals surface area contributed by atoms with E-state index in [9.17, 15) is 5.11 Å². The van der Waals surface area contributed by atoms with Gasteiger partial charge in [-0.2, -0.15) is 0 Å². The summed E-state index contributed by atoms with van der Waals surface area (Å²) in [5.74, 6) is 1.07. The third-order valence-electron chi connectivity index (χ3n) is 5.74. The Balaban J connectivity index is 1.47. The topological polar surface area (TPSA) is 94.8 Å². The lowest BCUT2D eigenvalue weighted by molar-refractivity contribution is 0.0341. The fourth-order valence-electron chi connectivity index (χ4n) is 4.01. The number of pyridine rings is 3. The number of nitrogens with zero attached hydrogens (tertiary/aromatic N) is 5. The quantitative estimate of drug-likeness (QED) is 0.482. The van der Waals surface area contributed by atoms with Crippen molar-refractivity contribution in [2.45, 2.75) is 6.54 Å². The second kappa shape index (κ2) is 9.05. The van der Waals surface area contributed by atoms with E-state index in [0.29, 0.717) is 28.2 Å². The summed E-state index contributed by atoms with van der Waals surface area (Å²) in [6.45, 7) is 4.10. The van der Waals surface area contributed by atoms with E-state index in [2.05, 4.69) is 14.9 Å². The lowest BCUT2D eigenvalue weighted by atomic mass is 10.1. The van der Waals surface area contributed by atoms with Crippen molar-refractivity contribution in [1.82, 2.24) is 24.4 Å². The van der Waals surface area contributed by atoms with Crippen molar-refractivity contribution in [3.05, 3.63) is 54.6 Å². The number of morpholine rings is 1. The first kappa shape index (κ1) is 21.2. The molecule has 0 spiro atoms. The van der Waals surface area contributed by atoms with Crippen LogP contribution in [0.4, 0.5) is 0 Å². The predicted octanol–water partition coefficient (Wildman–Crippen LogP) is 3.04. The molecule has 0 bridgehead atoms. The van der Waals surface area contributed by atoms with E-state index in [1.807, 2.05) is 36.7 Å². The number of rotatable bonds is 6. The van der Waals surface area contributed by atoms with Crippen LogP contribution in [0.1, 0.15) is 5.56 Å². The van der Waals surface area contributed by atoms with Crippen molar-refractivity contribution >= 4 is 10.9 Å². The Kier molecular flexibility index (Phi) is 5.80. The predicted molar refractivity (Wildman–Crippen MR) is 123 cm³/mol. The zero-order chi connectivity index (χ0) is 22.8. The molecule has 0 amide bonds. The molecule has 1 N–H and O–H groups in total. The third kappa shape index (κ3) is 4.20. The van der Waals surface area contributed by atoms with E-state index in [-0.39, 0.29) is 5.88 Å². The molecule has 5 rings (SSSR count). The van der Waals surface area contributed by atoms with Crippen LogP contribution in [-0.2, 0) is 11.3 Å². The fraction of sp³-hybridized carbons (Fsp3) is 0.292. The molecule has 4 aromatic heterocycles. The number of aromatic nitrogens is 4. The average molecular weight is 447 g/mol. The van der Waals surface area contributed by atoms with Gasteiger partial charge >= 0.3 is 0 Å². The number of fused-ring (bicyclic) bond motifs is 1. The van der Waals surface area contributed by atoms with E-state index in [1.54, 1.807) is 31.2 Å². The van der Waals surface area contributed by atoms with E-state index in [0.717, 1.165) is 49.7 Å². The van der Waals surface area contributed by atoms with Crippen LogP contribution in [0, 0.1) is 0 Å². The summed E-state index contributed by atoms with van der Waals surface area (Å²) in [4.78, 5) is 15.8. The lowest BCUT2D eigenvalue weighted by Gasteiger charge is -2.26. The first-order valence-electron chi connectivity index (χ1n) is 10.7. The van der Waals surface area contributed by atoms with Crippen LogP contribution in [0.5, 0.6) is 17.5 Å². The summed E-state index contributed by atoms with van der Waals surface area (Å²) >= 11 is 0. The third-order valence-corrected chi connectivity index (χ3v) is 5.74. The van der Waals surface area contributed by atoms with Crippen molar-refractivity contribution in [3.63, 3.8) is 0 Å². The molecule has 1 fully saturated rings. The van der Waals surface area contributed by atoms with Gasteiger partial charge in [-0.25, -0.2) is 9.97 Å². The van der Waals surface area contributed by atoms with Crippen LogP contribution < -0.4 is 9.47 Å². The van der Waals surface area contributed by atoms with Gasteiger partial charge in [-0.1, -0.05) is 0 Å². The van der Waals surface area contributed by atoms with Gasteiger partial charge in [0.05, 0.1) is 55.9 Å². The molecule has 0 radical (unpaired) electrons. The highest BCUT2D eigenvalue weighted by molar-refractivity contribution is 5.87. The van der Waals surface area contributed by atoms with Crippen LogP contribution in [-0.4, -0.2) is 70.0 Å². The minimum absolute atomic E-state index is 0.125. The van der Waals surface area contributed by atoms with E-state index in [1.165, 1.54) is 0 Å². The molecule has 170 valence electrons. The zero-order valence-corrected chi connectivity index (χ0v) is 18.6. The first-order chi connectivity index (χ1) is 16.2. The molecule has 0 saturated carbocycles. The molecule has 4 aromatic rings. The van der Waals surface area contributed by atoms with Crippen molar-refractivity contribution < 1.29 is 19.3 Å². The molecule has 9 nitrogen and oxygen atoms in total. The summed E-state index contributed by atoms with van der Waals surface area (Å²) in [6.07, 6.45) is 7.10. The zero-order valence-electron chi connectivity index (χ0n) is 18.6. The van der Waals surface area contributed by atoms with Gasteiger partial charge in [-0.15, -0.1) is 0 Å². The summed E-state index contributed by atoms with van der Waals surface area (Å²) < 4.78 is 17.7. The molecule has 9 heteroatoms. The average Bonchev–Trinajstić information content (AvgIpc) is 3.20. The Hall–Kier alpha value is -3.69. The lowest BCUT2D eigenvalue weighted by Crippen LogP contribution is -2.35. The number of hydrogen-bond donors (Lipinski definition) is 1. The maximum Gasteiger partial charge on any atom is 0.256 e. The van der Waals surface area contributed by atoms with E-state index < -0.39 is 0 Å². The Morgan fingerprint density at radius 1 is 1.06 bits per heavy atom. The SMILES string of the molecule is COc1cc(-c2ccc3c(O)n(-c4cncc(CN5CCOCC5)c4)cc3n2)cnc1OC. The number of methoxy groups -OCH3 is 2. The van der Waals surface area contributed by atoms with Gasteiger partial charge in [0, 0.05) is 43.8 Å². The molecular weight excluding hydrogens is 422 g/mol. The highest BCUT2D eigenvalue weighted by Gasteiger charge is 2.16. The Bertz CT molecular complexity index is 1280. The second-order valence-corrected chi connectivity index (χ2v) is 7.83. The van der Waals surface area contributed by atoms with Crippen LogP contribution in [0.2, 0.25) is 0 Å². The van der Waals surface area contributed by atoms with Gasteiger partial charge in [-0.3, -0.25) is 14.5 Å². The molecule has 0 atom stereocenters. The van der Waals surface area contributed by atoms with Crippen molar-refractivity contribution in [2.24, 2.45) is 0 Å². The van der Waals surface area contributed by atoms with E-state index >= 15 is 0 Å². The Morgan fingerprint density at radius 3 is 2.70 bits per heavy atom. The summed E-state index contributed by atoms with van der Waals surface area (Å²) in [6, 6.07) is 7.57. The first-order valence-corrected chi connectivity index (χ1v) is 10.7. The summed E-state index contributed by atoms with van der Waals surface area (Å²) in [5, 5.41) is 11.5. The maximum atomic E-state index is 10.9. The van der Waals surface area contributed by atoms with Gasteiger partial charge in [0.1, 0.15) is 0 Å². The summed E-state index contributed by atoms with van der Waals surface area (Å²) in [7, 11) is 3.12. The minimum Gasteiger partial charge on any atom is -0.494 e. The fourth-order valence-corrected chi connectivity index (χ4v) is 4.01. The highest BCUT2D eigenvalue weighted by atomic mass is 16.5. The highest BCUT2D eigenvalue weighted by Crippen LogP contribution is 2.33. The minimum atomic E-state index is 0.125. The molecule has 33 heavy (non-hydrogen) atoms. The van der Waals surface area contributed by atoms with Gasteiger partial charge in [-0.05, 0) is 29.8 Å². The van der Waals surface area contributed by atoms with Crippen LogP contribution in [0.3, 0.4) is 0 Å². The normalized spacial score (nSPS) is 14.5. The second-order valence-electron chi connectivity index (χ2n) is 7.83. The van der Waals surface area contributed by atoms with Crippen molar-refractivity contribution in [1.29, 1.82) is 0 Å². The molecule has 1 aliphatic rings. The molecule has 0 aliphatic carbocycles. The standard InChI is InChI=1S/C24H25N5O4/c1-31-22-10-17(12-26-23(22)32-2)20-4-3-19-21(27-20)15-29(24(19)30)18-9-16(11-25-13-18)14-28-5-7-33-8-6-28/h3-4,9-13,15,30H,5-8,14H2,1-2H3. The van der Waals surface area contributed by atoms with Gasteiger partial charge in [0.15, 0.2) is 5.75 Å². The molecule has 0 aromatic carbocycles. The Morgan fingerprint density at radius 2 is 1.91 bits per heavy atom. The molecule has 1 saturated heterocycles. The summed E-state index contributed by atoms with van der Waals surface area (Å²) in [5.41, 5.74) is 4.03. The molecule has 5 heterocycles. The number of ether oxygens (including phenoxy) is 3. The van der Waals surface area contributed by atoms with Gasteiger partial charge in [0.25, 0.3) is 5.88 Å². The smallest absolute Gasteiger partial charge is 0.256 e. The van der Waals surface area contributed by atoms with E-state index in [4.69, 9.17) is 19.2 Å². The monoisotopic (exact) mass is 447 g/mol. The largest absolute Gasteiger partial charge is 0.494 e. The van der Waals surface area contributed by atoms with Crippen molar-refractivity contribution in [2.75, 3.05) is 40.5 Å². The van der Waals surface area contributed by atoms with Crippen LogP contribution in [0.15, 0.2) is 49.1 Å². The number of hydrogen-bond acceptors (Lipinski definition) is 8. The number of aromatic hydroxyl groups is 1. The van der Waals surface area contributed by atoms with Crippen LogP contribution >= 0.6 is 0 Å². The van der Waals surface area contributed by atoms with Crippen molar-refractivity contribution in [3.8, 4) is 34.5 Å². The maximum absolute atomic E-state index is 10.9. The van der Waals surface area contributed by atoms with Crippen LogP contribution in [0.25, 0.3) is 27.8 Å². The molecule has 1 aliphatic heterocycles. The molecule has 0 unspecified atom stereocenters. The molecular formula is C24H25N5O4.